The predicted molar refractivity (Wildman–Crippen MR) is 134 cm³/mol. The number of nitrogens with zero attached hydrogens (tertiary/aromatic N) is 5. The summed E-state index contributed by atoms with van der Waals surface area (Å²) in [6, 6.07) is 13.1. The van der Waals surface area contributed by atoms with Gasteiger partial charge in [0.2, 0.25) is 11.8 Å². The fourth-order valence-corrected chi connectivity index (χ4v) is 3.66. The molecule has 1 fully saturated rings. The normalized spacial score (nSPS) is 13.8. The van der Waals surface area contributed by atoms with E-state index < -0.39 is 0 Å². The van der Waals surface area contributed by atoms with E-state index in [-0.39, 0.29) is 10.9 Å². The van der Waals surface area contributed by atoms with Crippen molar-refractivity contribution in [2.75, 3.05) is 50.6 Å². The average molecular weight is 483 g/mol. The molecule has 1 aromatic heterocycles. The second kappa shape index (κ2) is 10.6. The molecule has 0 unspecified atom stereocenters. The number of rotatable bonds is 7. The Kier molecular flexibility index (Phi) is 7.36. The van der Waals surface area contributed by atoms with Crippen molar-refractivity contribution >= 4 is 52.0 Å². The molecule has 10 heteroatoms. The highest BCUT2D eigenvalue weighted by Crippen LogP contribution is 2.34. The molecule has 0 saturated carbocycles. The molecule has 0 atom stereocenters. The molecule has 2 heterocycles. The lowest BCUT2D eigenvalue weighted by molar-refractivity contribution is 0.312. The Morgan fingerprint density at radius 3 is 2.73 bits per heavy atom. The molecule has 1 saturated heterocycles. The van der Waals surface area contributed by atoms with Crippen LogP contribution in [0.25, 0.3) is 0 Å². The van der Waals surface area contributed by atoms with Crippen molar-refractivity contribution in [3.05, 3.63) is 53.7 Å². The van der Waals surface area contributed by atoms with Crippen molar-refractivity contribution in [3.63, 3.8) is 0 Å². The third kappa shape index (κ3) is 5.77. The fraction of sp³-hybridized carbons (Fsp3) is 0.261. The van der Waals surface area contributed by atoms with Gasteiger partial charge in [-0.1, -0.05) is 17.7 Å². The minimum Gasteiger partial charge on any atom is -0.494 e. The number of anilines is 3. The van der Waals surface area contributed by atoms with Gasteiger partial charge in [0.25, 0.3) is 0 Å². The summed E-state index contributed by atoms with van der Waals surface area (Å²) in [5.41, 5.74) is 2.47. The van der Waals surface area contributed by atoms with Crippen LogP contribution in [0.3, 0.4) is 0 Å². The summed E-state index contributed by atoms with van der Waals surface area (Å²) in [5.74, 6) is 1.75. The van der Waals surface area contributed by atoms with E-state index in [4.69, 9.17) is 21.1 Å². The summed E-state index contributed by atoms with van der Waals surface area (Å²) in [4.78, 5) is 17.3. The zero-order valence-electron chi connectivity index (χ0n) is 18.3. The van der Waals surface area contributed by atoms with Crippen LogP contribution in [0.1, 0.15) is 0 Å². The van der Waals surface area contributed by atoms with Gasteiger partial charge in [-0.05, 0) is 43.5 Å². The molecule has 1 N–H and O–H groups in total. The first-order valence-electron chi connectivity index (χ1n) is 10.3. The number of isothiocyanates is 1. The average Bonchev–Trinajstić information content (AvgIpc) is 2.82. The van der Waals surface area contributed by atoms with Crippen LogP contribution >= 0.6 is 23.8 Å². The summed E-state index contributed by atoms with van der Waals surface area (Å²) < 4.78 is 11.5. The highest BCUT2D eigenvalue weighted by Gasteiger charge is 2.17. The standard InChI is InChI=1S/C23H23ClN6O2S/c1-29-8-10-30(11-9-29)17-6-7-20(21(13-17)31-2)27-23-25-14-19(24)22(28-23)32-18-5-3-4-16(12-18)26-15-33/h3-7,12-14H,8-11H2,1-2H3,(H,25,27,28). The number of aliphatic imine (C=N–C) groups is 1. The van der Waals surface area contributed by atoms with Gasteiger partial charge in [-0.2, -0.15) is 9.98 Å². The molecule has 33 heavy (non-hydrogen) atoms. The molecule has 0 amide bonds. The Bertz CT molecular complexity index is 1180. The monoisotopic (exact) mass is 482 g/mol. The number of methoxy groups -OCH3 is 1. The molecule has 0 aliphatic carbocycles. The van der Waals surface area contributed by atoms with Gasteiger partial charge in [0.15, 0.2) is 0 Å². The van der Waals surface area contributed by atoms with E-state index in [2.05, 4.69) is 60.6 Å². The lowest BCUT2D eigenvalue weighted by Gasteiger charge is -2.34. The van der Waals surface area contributed by atoms with Gasteiger partial charge in [-0.3, -0.25) is 0 Å². The first kappa shape index (κ1) is 22.9. The van der Waals surface area contributed by atoms with Crippen LogP contribution < -0.4 is 19.7 Å². The van der Waals surface area contributed by atoms with Crippen LogP contribution in [0, 0.1) is 0 Å². The highest BCUT2D eigenvalue weighted by molar-refractivity contribution is 7.78. The number of benzene rings is 2. The number of aromatic nitrogens is 2. The second-order valence-corrected chi connectivity index (χ2v) is 8.04. The topological polar surface area (TPSA) is 75.1 Å². The third-order valence-corrected chi connectivity index (χ3v) is 5.57. The van der Waals surface area contributed by atoms with Crippen LogP contribution in [-0.2, 0) is 0 Å². The largest absolute Gasteiger partial charge is 0.494 e. The quantitative estimate of drug-likeness (QED) is 0.365. The summed E-state index contributed by atoms with van der Waals surface area (Å²) in [5, 5.41) is 5.80. The smallest absolute Gasteiger partial charge is 0.243 e. The van der Waals surface area contributed by atoms with E-state index in [9.17, 15) is 0 Å². The summed E-state index contributed by atoms with van der Waals surface area (Å²) >= 11 is 10.9. The lowest BCUT2D eigenvalue weighted by Crippen LogP contribution is -2.44. The summed E-state index contributed by atoms with van der Waals surface area (Å²) in [6.07, 6.45) is 1.48. The van der Waals surface area contributed by atoms with E-state index >= 15 is 0 Å². The maximum atomic E-state index is 6.26. The van der Waals surface area contributed by atoms with E-state index in [1.54, 1.807) is 31.4 Å². The molecule has 2 aromatic carbocycles. The Hall–Kier alpha value is -3.23. The summed E-state index contributed by atoms with van der Waals surface area (Å²) in [6.45, 7) is 4.02. The summed E-state index contributed by atoms with van der Waals surface area (Å²) in [7, 11) is 3.78. The molecule has 3 aromatic rings. The number of likely N-dealkylation sites (N-methyl/N-ethyl adjacent to an activating group) is 1. The predicted octanol–water partition coefficient (Wildman–Crippen LogP) is 5.16. The molecule has 8 nitrogen and oxygen atoms in total. The van der Waals surface area contributed by atoms with Crippen molar-refractivity contribution in [2.24, 2.45) is 4.99 Å². The van der Waals surface area contributed by atoms with Crippen molar-refractivity contribution < 1.29 is 9.47 Å². The van der Waals surface area contributed by atoms with Crippen molar-refractivity contribution in [1.82, 2.24) is 14.9 Å². The maximum Gasteiger partial charge on any atom is 0.243 e. The van der Waals surface area contributed by atoms with E-state index in [0.29, 0.717) is 23.1 Å². The maximum absolute atomic E-state index is 6.26. The highest BCUT2D eigenvalue weighted by atomic mass is 35.5. The minimum absolute atomic E-state index is 0.214. The zero-order chi connectivity index (χ0) is 23.2. The van der Waals surface area contributed by atoms with Crippen LogP contribution in [0.4, 0.5) is 23.0 Å². The SMILES string of the molecule is COc1cc(N2CCN(C)CC2)ccc1Nc1ncc(Cl)c(Oc2cccc(N=C=S)c2)n1. The Morgan fingerprint density at radius 2 is 1.97 bits per heavy atom. The molecule has 0 bridgehead atoms. The first-order chi connectivity index (χ1) is 16.1. The Balaban J connectivity index is 1.53. The molecule has 1 aliphatic heterocycles. The molecular formula is C23H23ClN6O2S. The zero-order valence-corrected chi connectivity index (χ0v) is 19.9. The van der Waals surface area contributed by atoms with Gasteiger partial charge in [-0.25, -0.2) is 4.98 Å². The fourth-order valence-electron chi connectivity index (χ4n) is 3.43. The molecular weight excluding hydrogens is 460 g/mol. The second-order valence-electron chi connectivity index (χ2n) is 7.45. The van der Waals surface area contributed by atoms with Crippen molar-refractivity contribution in [2.45, 2.75) is 0 Å². The Morgan fingerprint density at radius 1 is 1.15 bits per heavy atom. The minimum atomic E-state index is 0.214. The number of nitrogens with one attached hydrogen (secondary N) is 1. The van der Waals surface area contributed by atoms with Crippen molar-refractivity contribution in [1.29, 1.82) is 0 Å². The van der Waals surface area contributed by atoms with Gasteiger partial charge in [0.05, 0.1) is 29.8 Å². The van der Waals surface area contributed by atoms with Gasteiger partial charge in [0, 0.05) is 44.0 Å². The van der Waals surface area contributed by atoms with Gasteiger partial charge in [-0.15, -0.1) is 0 Å². The number of halogens is 1. The molecule has 0 spiro atoms. The van der Waals surface area contributed by atoms with Crippen LogP contribution in [0.5, 0.6) is 17.4 Å². The van der Waals surface area contributed by atoms with Gasteiger partial charge < -0.3 is 24.6 Å². The van der Waals surface area contributed by atoms with Crippen LogP contribution in [0.15, 0.2) is 53.7 Å². The number of piperazine rings is 1. The van der Waals surface area contributed by atoms with Crippen LogP contribution in [-0.4, -0.2) is 60.4 Å². The number of thiocarbonyl (C=S) groups is 1. The van der Waals surface area contributed by atoms with Crippen LogP contribution in [0.2, 0.25) is 5.02 Å². The first-order valence-corrected chi connectivity index (χ1v) is 11.1. The number of hydrogen-bond donors (Lipinski definition) is 1. The van der Waals surface area contributed by atoms with Gasteiger partial charge in [0.1, 0.15) is 16.5 Å². The van der Waals surface area contributed by atoms with Gasteiger partial charge >= 0.3 is 0 Å². The number of hydrogen-bond acceptors (Lipinski definition) is 9. The Labute approximate surface area is 202 Å². The number of ether oxygens (including phenoxy) is 2. The van der Waals surface area contributed by atoms with E-state index in [1.165, 1.54) is 6.20 Å². The van der Waals surface area contributed by atoms with E-state index in [0.717, 1.165) is 37.6 Å². The molecule has 170 valence electrons. The molecule has 4 rings (SSSR count). The molecule has 0 radical (unpaired) electrons. The lowest BCUT2D eigenvalue weighted by atomic mass is 10.2. The van der Waals surface area contributed by atoms with Crippen molar-refractivity contribution in [3.8, 4) is 17.4 Å². The van der Waals surface area contributed by atoms with E-state index in [1.807, 2.05) is 12.1 Å². The third-order valence-electron chi connectivity index (χ3n) is 5.22. The molecule has 1 aliphatic rings.